The minimum atomic E-state index is 0.428. The summed E-state index contributed by atoms with van der Waals surface area (Å²) in [6, 6.07) is 0.658. The molecule has 0 spiro atoms. The molecule has 0 aromatic rings. The Labute approximate surface area is 102 Å². The van der Waals surface area contributed by atoms with E-state index in [-0.39, 0.29) is 0 Å². The molecule has 0 atom stereocenters. The Morgan fingerprint density at radius 2 is 1.81 bits per heavy atom. The SMILES string of the molecule is CCCN(CC1(CN)CCCCC1)C(C)C. The second kappa shape index (κ2) is 6.61. The van der Waals surface area contributed by atoms with Crippen molar-refractivity contribution in [1.29, 1.82) is 0 Å². The van der Waals surface area contributed by atoms with Gasteiger partial charge in [-0.3, -0.25) is 0 Å². The standard InChI is InChI=1S/C14H30N2/c1-4-10-16(13(2)3)12-14(11-15)8-6-5-7-9-14/h13H,4-12,15H2,1-3H3. The van der Waals surface area contributed by atoms with E-state index >= 15 is 0 Å². The first kappa shape index (κ1) is 14.0. The molecule has 2 N–H and O–H groups in total. The van der Waals surface area contributed by atoms with Crippen LogP contribution in [0.5, 0.6) is 0 Å². The van der Waals surface area contributed by atoms with Crippen LogP contribution in [0.25, 0.3) is 0 Å². The average molecular weight is 226 g/mol. The highest BCUT2D eigenvalue weighted by Crippen LogP contribution is 2.36. The van der Waals surface area contributed by atoms with Crippen LogP contribution in [0.4, 0.5) is 0 Å². The van der Waals surface area contributed by atoms with Crippen molar-refractivity contribution in [3.8, 4) is 0 Å². The third-order valence-electron chi connectivity index (χ3n) is 4.13. The fourth-order valence-corrected chi connectivity index (χ4v) is 2.97. The normalized spacial score (nSPS) is 20.6. The molecule has 0 saturated heterocycles. The third kappa shape index (κ3) is 3.74. The van der Waals surface area contributed by atoms with Crippen LogP contribution >= 0.6 is 0 Å². The first-order valence-electron chi connectivity index (χ1n) is 7.07. The topological polar surface area (TPSA) is 29.3 Å². The van der Waals surface area contributed by atoms with E-state index < -0.39 is 0 Å². The average Bonchev–Trinajstić information content (AvgIpc) is 2.29. The molecule has 1 fully saturated rings. The van der Waals surface area contributed by atoms with Crippen LogP contribution in [-0.4, -0.2) is 30.6 Å². The van der Waals surface area contributed by atoms with Crippen molar-refractivity contribution in [3.05, 3.63) is 0 Å². The van der Waals surface area contributed by atoms with E-state index in [1.165, 1.54) is 51.6 Å². The lowest BCUT2D eigenvalue weighted by atomic mass is 9.73. The van der Waals surface area contributed by atoms with Gasteiger partial charge < -0.3 is 10.6 Å². The second-order valence-corrected chi connectivity index (χ2v) is 5.83. The Kier molecular flexibility index (Phi) is 5.77. The number of nitrogens with two attached hydrogens (primary N) is 1. The largest absolute Gasteiger partial charge is 0.330 e. The zero-order valence-corrected chi connectivity index (χ0v) is 11.5. The fraction of sp³-hybridized carbons (Fsp3) is 1.00. The highest BCUT2D eigenvalue weighted by Gasteiger charge is 2.32. The van der Waals surface area contributed by atoms with Crippen LogP contribution in [0.2, 0.25) is 0 Å². The lowest BCUT2D eigenvalue weighted by Crippen LogP contribution is -2.46. The van der Waals surface area contributed by atoms with Crippen molar-refractivity contribution in [3.63, 3.8) is 0 Å². The second-order valence-electron chi connectivity index (χ2n) is 5.83. The van der Waals surface area contributed by atoms with Gasteiger partial charge in [0.15, 0.2) is 0 Å². The van der Waals surface area contributed by atoms with Crippen LogP contribution in [0.15, 0.2) is 0 Å². The molecule has 1 aliphatic rings. The quantitative estimate of drug-likeness (QED) is 0.754. The van der Waals surface area contributed by atoms with Gasteiger partial charge in [0.25, 0.3) is 0 Å². The number of rotatable bonds is 6. The number of hydrogen-bond acceptors (Lipinski definition) is 2. The Bertz CT molecular complexity index is 183. The van der Waals surface area contributed by atoms with E-state index in [2.05, 4.69) is 25.7 Å². The first-order valence-corrected chi connectivity index (χ1v) is 7.07. The lowest BCUT2D eigenvalue weighted by molar-refractivity contribution is 0.0910. The Morgan fingerprint density at radius 1 is 1.19 bits per heavy atom. The molecule has 0 bridgehead atoms. The van der Waals surface area contributed by atoms with Crippen LogP contribution < -0.4 is 5.73 Å². The van der Waals surface area contributed by atoms with Crippen LogP contribution in [-0.2, 0) is 0 Å². The summed E-state index contributed by atoms with van der Waals surface area (Å²) >= 11 is 0. The van der Waals surface area contributed by atoms with Gasteiger partial charge in [0.05, 0.1) is 0 Å². The van der Waals surface area contributed by atoms with Crippen molar-refractivity contribution in [2.45, 2.75) is 65.3 Å². The zero-order valence-electron chi connectivity index (χ0n) is 11.5. The molecule has 1 rings (SSSR count). The van der Waals surface area contributed by atoms with E-state index in [1.807, 2.05) is 0 Å². The Balaban J connectivity index is 2.57. The van der Waals surface area contributed by atoms with Gasteiger partial charge >= 0.3 is 0 Å². The molecule has 0 unspecified atom stereocenters. The summed E-state index contributed by atoms with van der Waals surface area (Å²) in [7, 11) is 0. The lowest BCUT2D eigenvalue weighted by Gasteiger charge is -2.42. The van der Waals surface area contributed by atoms with Gasteiger partial charge in [-0.05, 0) is 51.6 Å². The van der Waals surface area contributed by atoms with E-state index in [0.717, 1.165) is 6.54 Å². The monoisotopic (exact) mass is 226 g/mol. The van der Waals surface area contributed by atoms with Gasteiger partial charge in [-0.2, -0.15) is 0 Å². The third-order valence-corrected chi connectivity index (χ3v) is 4.13. The van der Waals surface area contributed by atoms with E-state index in [4.69, 9.17) is 5.73 Å². The predicted octanol–water partition coefficient (Wildman–Crippen LogP) is 3.02. The maximum atomic E-state index is 6.06. The maximum Gasteiger partial charge on any atom is 0.00528 e. The summed E-state index contributed by atoms with van der Waals surface area (Å²) < 4.78 is 0. The number of nitrogens with zero attached hydrogens (tertiary/aromatic N) is 1. The van der Waals surface area contributed by atoms with Gasteiger partial charge in [0.1, 0.15) is 0 Å². The van der Waals surface area contributed by atoms with Gasteiger partial charge in [-0.1, -0.05) is 26.2 Å². The highest BCUT2D eigenvalue weighted by atomic mass is 15.2. The molecule has 2 heteroatoms. The van der Waals surface area contributed by atoms with E-state index in [9.17, 15) is 0 Å². The van der Waals surface area contributed by atoms with Crippen molar-refractivity contribution in [2.24, 2.45) is 11.1 Å². The van der Waals surface area contributed by atoms with Crippen molar-refractivity contribution >= 4 is 0 Å². The molecule has 0 heterocycles. The van der Waals surface area contributed by atoms with Crippen LogP contribution in [0.3, 0.4) is 0 Å². The molecule has 16 heavy (non-hydrogen) atoms. The molecule has 0 aliphatic heterocycles. The summed E-state index contributed by atoms with van der Waals surface area (Å²) in [5.74, 6) is 0. The number of hydrogen-bond donors (Lipinski definition) is 1. The van der Waals surface area contributed by atoms with Crippen LogP contribution in [0.1, 0.15) is 59.3 Å². The fourth-order valence-electron chi connectivity index (χ4n) is 2.97. The molecule has 1 saturated carbocycles. The van der Waals surface area contributed by atoms with E-state index in [0.29, 0.717) is 11.5 Å². The van der Waals surface area contributed by atoms with E-state index in [1.54, 1.807) is 0 Å². The first-order chi connectivity index (χ1) is 7.63. The van der Waals surface area contributed by atoms with Crippen molar-refractivity contribution in [2.75, 3.05) is 19.6 Å². The highest BCUT2D eigenvalue weighted by molar-refractivity contribution is 4.87. The summed E-state index contributed by atoms with van der Waals surface area (Å²) in [6.07, 6.45) is 8.12. The predicted molar refractivity (Wildman–Crippen MR) is 71.6 cm³/mol. The molecule has 0 radical (unpaired) electrons. The van der Waals surface area contributed by atoms with Gasteiger partial charge in [0.2, 0.25) is 0 Å². The molecule has 0 amide bonds. The summed E-state index contributed by atoms with van der Waals surface area (Å²) in [5.41, 5.74) is 6.48. The Hall–Kier alpha value is -0.0800. The smallest absolute Gasteiger partial charge is 0.00528 e. The molecule has 96 valence electrons. The van der Waals surface area contributed by atoms with Gasteiger partial charge in [-0.15, -0.1) is 0 Å². The van der Waals surface area contributed by atoms with Gasteiger partial charge in [0, 0.05) is 12.6 Å². The molecule has 2 nitrogen and oxygen atoms in total. The molecule has 0 aromatic carbocycles. The summed E-state index contributed by atoms with van der Waals surface area (Å²) in [4.78, 5) is 2.62. The molecular weight excluding hydrogens is 196 g/mol. The molecule has 1 aliphatic carbocycles. The van der Waals surface area contributed by atoms with Crippen molar-refractivity contribution < 1.29 is 0 Å². The zero-order chi connectivity index (χ0) is 12.0. The van der Waals surface area contributed by atoms with Crippen molar-refractivity contribution in [1.82, 2.24) is 4.90 Å². The van der Waals surface area contributed by atoms with Crippen LogP contribution in [0, 0.1) is 5.41 Å². The minimum absolute atomic E-state index is 0.428. The molecular formula is C14H30N2. The summed E-state index contributed by atoms with van der Waals surface area (Å²) in [5, 5.41) is 0. The Morgan fingerprint density at radius 3 is 2.25 bits per heavy atom. The maximum absolute atomic E-state index is 6.06. The molecule has 0 aromatic heterocycles. The summed E-state index contributed by atoms with van der Waals surface area (Å²) in [6.45, 7) is 10.2. The van der Waals surface area contributed by atoms with Gasteiger partial charge in [-0.25, -0.2) is 0 Å². The minimum Gasteiger partial charge on any atom is -0.330 e.